The number of carbonyl (C=O) groups excluding carboxylic acids is 2. The van der Waals surface area contributed by atoms with Crippen LogP contribution in [0.4, 0.5) is 10.1 Å². The summed E-state index contributed by atoms with van der Waals surface area (Å²) in [5.41, 5.74) is 2.44. The highest BCUT2D eigenvalue weighted by Gasteiger charge is 2.30. The fraction of sp³-hybridized carbons (Fsp3) is 0.179. The van der Waals surface area contributed by atoms with Gasteiger partial charge in [-0.3, -0.25) is 9.69 Å². The molecular formula is C28H24BrFN2O5S. The van der Waals surface area contributed by atoms with E-state index in [1.165, 1.54) is 35.9 Å². The number of aliphatic imine (C=N–C) groups is 1. The van der Waals surface area contributed by atoms with Gasteiger partial charge in [-0.05, 0) is 100 Å². The third-order valence-electron chi connectivity index (χ3n) is 5.43. The zero-order valence-corrected chi connectivity index (χ0v) is 23.3. The first-order chi connectivity index (χ1) is 18.3. The van der Waals surface area contributed by atoms with Crippen LogP contribution in [-0.4, -0.2) is 42.7 Å². The summed E-state index contributed by atoms with van der Waals surface area (Å²) in [6, 6.07) is 16.4. The van der Waals surface area contributed by atoms with E-state index in [4.69, 9.17) is 14.2 Å². The van der Waals surface area contributed by atoms with Gasteiger partial charge < -0.3 is 14.2 Å². The van der Waals surface area contributed by atoms with Crippen molar-refractivity contribution in [2.75, 3.05) is 20.8 Å². The van der Waals surface area contributed by atoms with E-state index in [1.807, 2.05) is 6.07 Å². The highest BCUT2D eigenvalue weighted by Crippen LogP contribution is 2.39. The fourth-order valence-corrected chi connectivity index (χ4v) is 5.11. The van der Waals surface area contributed by atoms with Gasteiger partial charge >= 0.3 is 5.97 Å². The molecule has 196 valence electrons. The van der Waals surface area contributed by atoms with Gasteiger partial charge in [-0.25, -0.2) is 14.2 Å². The maximum atomic E-state index is 13.5. The average molecular weight is 599 g/mol. The summed E-state index contributed by atoms with van der Waals surface area (Å²) >= 11 is 4.76. The Bertz CT molecular complexity index is 1430. The lowest BCUT2D eigenvalue weighted by Crippen LogP contribution is -2.23. The second-order valence-corrected chi connectivity index (χ2v) is 9.95. The normalized spacial score (nSPS) is 15.3. The zero-order chi connectivity index (χ0) is 27.2. The molecule has 0 N–H and O–H groups in total. The number of likely N-dealkylation sites (N-methyl/N-ethyl adjacent to an activating group) is 1. The Kier molecular flexibility index (Phi) is 8.85. The summed E-state index contributed by atoms with van der Waals surface area (Å²) in [7, 11) is 3.18. The Labute approximate surface area is 232 Å². The van der Waals surface area contributed by atoms with Crippen LogP contribution >= 0.6 is 27.7 Å². The molecule has 38 heavy (non-hydrogen) atoms. The summed E-state index contributed by atoms with van der Waals surface area (Å²) < 4.78 is 30.5. The van der Waals surface area contributed by atoms with Crippen LogP contribution < -0.4 is 9.47 Å². The monoisotopic (exact) mass is 598 g/mol. The van der Waals surface area contributed by atoms with Gasteiger partial charge in [0, 0.05) is 7.05 Å². The summed E-state index contributed by atoms with van der Waals surface area (Å²) in [5, 5.41) is 0.506. The highest BCUT2D eigenvalue weighted by molar-refractivity contribution is 9.10. The van der Waals surface area contributed by atoms with E-state index in [0.717, 1.165) is 5.56 Å². The summed E-state index contributed by atoms with van der Waals surface area (Å²) in [4.78, 5) is 31.3. The van der Waals surface area contributed by atoms with Gasteiger partial charge in [-0.15, -0.1) is 0 Å². The lowest BCUT2D eigenvalue weighted by molar-refractivity contribution is -0.121. The first-order valence-corrected chi connectivity index (χ1v) is 13.2. The number of methoxy groups -OCH3 is 1. The molecule has 4 rings (SSSR count). The molecule has 0 atom stereocenters. The van der Waals surface area contributed by atoms with E-state index in [2.05, 4.69) is 20.9 Å². The fourth-order valence-electron chi connectivity index (χ4n) is 3.55. The number of thioether (sulfide) groups is 1. The summed E-state index contributed by atoms with van der Waals surface area (Å²) in [5.74, 6) is 0.00111. The van der Waals surface area contributed by atoms with Crippen LogP contribution in [0.1, 0.15) is 28.4 Å². The molecule has 0 unspecified atom stereocenters. The van der Waals surface area contributed by atoms with Gasteiger partial charge in [0.25, 0.3) is 5.91 Å². The van der Waals surface area contributed by atoms with Crippen molar-refractivity contribution in [3.05, 3.63) is 92.5 Å². The lowest BCUT2D eigenvalue weighted by Gasteiger charge is -2.14. The number of hydrogen-bond donors (Lipinski definition) is 0. The molecule has 1 fully saturated rings. The van der Waals surface area contributed by atoms with Gasteiger partial charge in [0.15, 0.2) is 16.7 Å². The number of halogens is 2. The third kappa shape index (κ3) is 6.43. The number of esters is 1. The van der Waals surface area contributed by atoms with Crippen molar-refractivity contribution in [2.45, 2.75) is 13.5 Å². The molecule has 0 radical (unpaired) electrons. The Hall–Kier alpha value is -3.63. The molecule has 0 aromatic heterocycles. The number of ether oxygens (including phenoxy) is 3. The number of amidine groups is 1. The Morgan fingerprint density at radius 2 is 1.92 bits per heavy atom. The largest absolute Gasteiger partial charge is 0.493 e. The van der Waals surface area contributed by atoms with Crippen molar-refractivity contribution in [3.8, 4) is 11.5 Å². The molecule has 0 saturated carbocycles. The maximum Gasteiger partial charge on any atom is 0.338 e. The van der Waals surface area contributed by atoms with Crippen LogP contribution in [0.5, 0.6) is 11.5 Å². The molecule has 10 heteroatoms. The topological polar surface area (TPSA) is 77.4 Å². The number of amides is 1. The number of rotatable bonds is 8. The quantitative estimate of drug-likeness (QED) is 0.215. The SMILES string of the molecule is CCOC(=O)c1ccc(N=C2SC(=Cc3cc(Br)c(OCc4cccc(F)c4)c(OC)c3)C(=O)N2C)cc1. The molecule has 3 aromatic carbocycles. The van der Waals surface area contributed by atoms with E-state index >= 15 is 0 Å². The standard InChI is InChI=1S/C28H24BrFN2O5S/c1-4-36-27(34)19-8-10-21(11-9-19)31-28-32(2)26(33)24(38-28)15-18-13-22(29)25(23(14-18)35-3)37-16-17-6-5-7-20(30)12-17/h5-15H,4,16H2,1-3H3. The Morgan fingerprint density at radius 3 is 2.61 bits per heavy atom. The molecular weight excluding hydrogens is 575 g/mol. The number of benzene rings is 3. The second-order valence-electron chi connectivity index (χ2n) is 8.09. The van der Waals surface area contributed by atoms with Crippen molar-refractivity contribution in [2.24, 2.45) is 4.99 Å². The number of nitrogens with zero attached hydrogens (tertiary/aromatic N) is 2. The van der Waals surface area contributed by atoms with Crippen LogP contribution in [-0.2, 0) is 16.1 Å². The van der Waals surface area contributed by atoms with Crippen molar-refractivity contribution >= 4 is 56.5 Å². The van der Waals surface area contributed by atoms with Crippen LogP contribution in [0.15, 0.2) is 75.0 Å². The molecule has 7 nitrogen and oxygen atoms in total. The van der Waals surface area contributed by atoms with E-state index in [-0.39, 0.29) is 18.3 Å². The smallest absolute Gasteiger partial charge is 0.338 e. The van der Waals surface area contributed by atoms with Crippen LogP contribution in [0.2, 0.25) is 0 Å². The lowest BCUT2D eigenvalue weighted by atomic mass is 10.1. The predicted molar refractivity (Wildman–Crippen MR) is 149 cm³/mol. The van der Waals surface area contributed by atoms with Gasteiger partial charge in [-0.2, -0.15) is 0 Å². The molecule has 1 aliphatic rings. The number of hydrogen-bond acceptors (Lipinski definition) is 7. The minimum atomic E-state index is -0.397. The van der Waals surface area contributed by atoms with Crippen molar-refractivity contribution in [3.63, 3.8) is 0 Å². The van der Waals surface area contributed by atoms with Crippen LogP contribution in [0.25, 0.3) is 6.08 Å². The molecule has 1 heterocycles. The van der Waals surface area contributed by atoms with Gasteiger partial charge in [-0.1, -0.05) is 12.1 Å². The molecule has 1 amide bonds. The maximum absolute atomic E-state index is 13.5. The van der Waals surface area contributed by atoms with E-state index in [9.17, 15) is 14.0 Å². The molecule has 0 spiro atoms. The van der Waals surface area contributed by atoms with Gasteiger partial charge in [0.1, 0.15) is 12.4 Å². The Balaban J connectivity index is 1.53. The van der Waals surface area contributed by atoms with E-state index in [0.29, 0.717) is 49.5 Å². The molecule has 1 aliphatic heterocycles. The number of carbonyl (C=O) groups is 2. The zero-order valence-electron chi connectivity index (χ0n) is 20.9. The minimum absolute atomic E-state index is 0.160. The molecule has 0 bridgehead atoms. The first-order valence-electron chi connectivity index (χ1n) is 11.6. The molecule has 3 aromatic rings. The first kappa shape index (κ1) is 27.4. The van der Waals surface area contributed by atoms with E-state index in [1.54, 1.807) is 62.5 Å². The van der Waals surface area contributed by atoms with Crippen LogP contribution in [0.3, 0.4) is 0 Å². The van der Waals surface area contributed by atoms with Crippen LogP contribution in [0, 0.1) is 5.82 Å². The van der Waals surface area contributed by atoms with Gasteiger partial charge in [0.2, 0.25) is 0 Å². The summed E-state index contributed by atoms with van der Waals surface area (Å²) in [6.45, 7) is 2.21. The predicted octanol–water partition coefficient (Wildman–Crippen LogP) is 6.59. The highest BCUT2D eigenvalue weighted by atomic mass is 79.9. The van der Waals surface area contributed by atoms with Crippen molar-refractivity contribution in [1.29, 1.82) is 0 Å². The van der Waals surface area contributed by atoms with Gasteiger partial charge in [0.05, 0.1) is 34.3 Å². The molecule has 0 aliphatic carbocycles. The third-order valence-corrected chi connectivity index (χ3v) is 7.08. The van der Waals surface area contributed by atoms with Crippen molar-refractivity contribution in [1.82, 2.24) is 4.90 Å². The van der Waals surface area contributed by atoms with E-state index < -0.39 is 5.97 Å². The summed E-state index contributed by atoms with van der Waals surface area (Å²) in [6.07, 6.45) is 1.75. The Morgan fingerprint density at radius 1 is 1.16 bits per heavy atom. The second kappa shape index (κ2) is 12.3. The molecule has 1 saturated heterocycles. The van der Waals surface area contributed by atoms with Crippen molar-refractivity contribution < 1.29 is 28.2 Å². The average Bonchev–Trinajstić information content (AvgIpc) is 3.16. The minimum Gasteiger partial charge on any atom is -0.493 e.